The van der Waals surface area contributed by atoms with Crippen molar-refractivity contribution in [1.82, 2.24) is 15.5 Å². The van der Waals surface area contributed by atoms with Crippen LogP contribution in [-0.4, -0.2) is 76.8 Å². The Bertz CT molecular complexity index is 360. The lowest BCUT2D eigenvalue weighted by atomic mass is 10.2. The number of rotatable bonds is 7. The molecule has 1 saturated heterocycles. The topological polar surface area (TPSA) is 119 Å². The number of carboxylic acids is 2. The Hall–Kier alpha value is -1.48. The lowest BCUT2D eigenvalue weighted by Gasteiger charge is -2.26. The van der Waals surface area contributed by atoms with Crippen LogP contribution >= 0.6 is 11.8 Å². The van der Waals surface area contributed by atoms with Gasteiger partial charge < -0.3 is 20.8 Å². The van der Waals surface area contributed by atoms with Crippen LogP contribution in [0.3, 0.4) is 0 Å². The standard InChI is InChI=1S/C11H19N3O5S/c15-9(16)7-8(10(17)18)13-11(19)12-1-2-14-3-5-20-6-4-14/h8H,1-7H2,(H,15,16)(H,17,18)(H2,12,13,19)/t8-/m1/s1. The predicted octanol–water partition coefficient (Wildman–Crippen LogP) is -0.738. The van der Waals surface area contributed by atoms with E-state index in [0.717, 1.165) is 24.6 Å². The average Bonchev–Trinajstić information content (AvgIpc) is 2.38. The number of amides is 2. The Labute approximate surface area is 120 Å². The van der Waals surface area contributed by atoms with Crippen molar-refractivity contribution in [2.24, 2.45) is 0 Å². The number of urea groups is 1. The van der Waals surface area contributed by atoms with Gasteiger partial charge in [-0.25, -0.2) is 9.59 Å². The van der Waals surface area contributed by atoms with Gasteiger partial charge in [-0.1, -0.05) is 0 Å². The number of carbonyl (C=O) groups excluding carboxylic acids is 1. The van der Waals surface area contributed by atoms with Crippen molar-refractivity contribution in [2.45, 2.75) is 12.5 Å². The van der Waals surface area contributed by atoms with Crippen molar-refractivity contribution in [3.63, 3.8) is 0 Å². The van der Waals surface area contributed by atoms with Crippen molar-refractivity contribution < 1.29 is 24.6 Å². The largest absolute Gasteiger partial charge is 0.481 e. The minimum atomic E-state index is -1.42. The van der Waals surface area contributed by atoms with Crippen LogP contribution in [0.5, 0.6) is 0 Å². The van der Waals surface area contributed by atoms with Gasteiger partial charge in [0, 0.05) is 37.7 Å². The molecular weight excluding hydrogens is 286 g/mol. The normalized spacial score (nSPS) is 17.2. The van der Waals surface area contributed by atoms with Gasteiger partial charge in [0.2, 0.25) is 0 Å². The number of thioether (sulfide) groups is 1. The fraction of sp³-hybridized carbons (Fsp3) is 0.727. The first-order valence-electron chi connectivity index (χ1n) is 6.28. The molecule has 0 saturated carbocycles. The van der Waals surface area contributed by atoms with Gasteiger partial charge in [-0.15, -0.1) is 0 Å². The van der Waals surface area contributed by atoms with Gasteiger partial charge in [-0.3, -0.25) is 9.69 Å². The van der Waals surface area contributed by atoms with E-state index in [1.54, 1.807) is 0 Å². The van der Waals surface area contributed by atoms with Crippen LogP contribution in [0.4, 0.5) is 4.79 Å². The lowest BCUT2D eigenvalue weighted by molar-refractivity contribution is -0.145. The quantitative estimate of drug-likeness (QED) is 0.489. The molecule has 2 amide bonds. The van der Waals surface area contributed by atoms with Gasteiger partial charge in [0.15, 0.2) is 0 Å². The summed E-state index contributed by atoms with van der Waals surface area (Å²) in [6, 6.07) is -2.08. The summed E-state index contributed by atoms with van der Waals surface area (Å²) in [5, 5.41) is 22.0. The van der Waals surface area contributed by atoms with E-state index in [1.165, 1.54) is 0 Å². The molecule has 0 bridgehead atoms. The van der Waals surface area contributed by atoms with E-state index in [4.69, 9.17) is 10.2 Å². The molecule has 1 atom stereocenters. The molecule has 0 radical (unpaired) electrons. The van der Waals surface area contributed by atoms with Gasteiger partial charge in [0.05, 0.1) is 6.42 Å². The molecule has 1 aliphatic heterocycles. The molecule has 0 aliphatic carbocycles. The number of nitrogens with zero attached hydrogens (tertiary/aromatic N) is 1. The van der Waals surface area contributed by atoms with Crippen LogP contribution in [0.2, 0.25) is 0 Å². The summed E-state index contributed by atoms with van der Waals surface area (Å²) < 4.78 is 0. The van der Waals surface area contributed by atoms with E-state index in [9.17, 15) is 14.4 Å². The first-order chi connectivity index (χ1) is 9.49. The molecule has 114 valence electrons. The number of nitrogens with one attached hydrogen (secondary N) is 2. The highest BCUT2D eigenvalue weighted by Gasteiger charge is 2.22. The highest BCUT2D eigenvalue weighted by Crippen LogP contribution is 2.07. The molecule has 1 aliphatic rings. The Balaban J connectivity index is 2.23. The molecule has 0 aromatic heterocycles. The van der Waals surface area contributed by atoms with Crippen LogP contribution < -0.4 is 10.6 Å². The van der Waals surface area contributed by atoms with Crippen molar-refractivity contribution in [2.75, 3.05) is 37.7 Å². The van der Waals surface area contributed by atoms with Gasteiger partial charge in [-0.05, 0) is 0 Å². The number of carbonyl (C=O) groups is 3. The molecule has 1 rings (SSSR count). The molecule has 9 heteroatoms. The third-order valence-electron chi connectivity index (χ3n) is 2.80. The van der Waals surface area contributed by atoms with Crippen LogP contribution in [0.1, 0.15) is 6.42 Å². The minimum Gasteiger partial charge on any atom is -0.481 e. The molecule has 0 aromatic rings. The number of aliphatic carboxylic acids is 2. The number of hydrogen-bond acceptors (Lipinski definition) is 5. The number of hydrogen-bond donors (Lipinski definition) is 4. The maximum atomic E-state index is 11.5. The van der Waals surface area contributed by atoms with Gasteiger partial charge in [0.25, 0.3) is 0 Å². The maximum Gasteiger partial charge on any atom is 0.326 e. The molecule has 0 unspecified atom stereocenters. The second-order valence-electron chi connectivity index (χ2n) is 4.34. The molecule has 8 nitrogen and oxygen atoms in total. The van der Waals surface area contributed by atoms with Crippen LogP contribution in [0.25, 0.3) is 0 Å². The third kappa shape index (κ3) is 6.62. The van der Waals surface area contributed by atoms with Crippen molar-refractivity contribution >= 4 is 29.7 Å². The zero-order chi connectivity index (χ0) is 15.0. The molecular formula is C11H19N3O5S. The summed E-state index contributed by atoms with van der Waals surface area (Å²) in [5.74, 6) is -0.489. The zero-order valence-electron chi connectivity index (χ0n) is 11.0. The van der Waals surface area contributed by atoms with E-state index < -0.39 is 30.4 Å². The summed E-state index contributed by atoms with van der Waals surface area (Å²) in [7, 11) is 0. The second-order valence-corrected chi connectivity index (χ2v) is 5.57. The first-order valence-corrected chi connectivity index (χ1v) is 7.43. The highest BCUT2D eigenvalue weighted by molar-refractivity contribution is 7.99. The summed E-state index contributed by atoms with van der Waals surface area (Å²) in [4.78, 5) is 34.9. The molecule has 4 N–H and O–H groups in total. The summed E-state index contributed by atoms with van der Waals surface area (Å²) in [6.07, 6.45) is -0.647. The van der Waals surface area contributed by atoms with Crippen LogP contribution in [-0.2, 0) is 9.59 Å². The Morgan fingerprint density at radius 3 is 2.40 bits per heavy atom. The molecule has 20 heavy (non-hydrogen) atoms. The summed E-state index contributed by atoms with van der Waals surface area (Å²) in [6.45, 7) is 3.05. The lowest BCUT2D eigenvalue weighted by Crippen LogP contribution is -2.48. The van der Waals surface area contributed by atoms with Crippen molar-refractivity contribution in [3.8, 4) is 0 Å². The molecule has 0 spiro atoms. The predicted molar refractivity (Wildman–Crippen MR) is 74.0 cm³/mol. The van der Waals surface area contributed by atoms with E-state index in [2.05, 4.69) is 15.5 Å². The minimum absolute atomic E-state index is 0.399. The highest BCUT2D eigenvalue weighted by atomic mass is 32.2. The fourth-order valence-electron chi connectivity index (χ4n) is 1.74. The maximum absolute atomic E-state index is 11.5. The molecule has 1 heterocycles. The van der Waals surface area contributed by atoms with Crippen LogP contribution in [0, 0.1) is 0 Å². The van der Waals surface area contributed by atoms with Crippen LogP contribution in [0.15, 0.2) is 0 Å². The summed E-state index contributed by atoms with van der Waals surface area (Å²) in [5.41, 5.74) is 0. The monoisotopic (exact) mass is 305 g/mol. The summed E-state index contributed by atoms with van der Waals surface area (Å²) >= 11 is 1.89. The molecule has 1 fully saturated rings. The van der Waals surface area contributed by atoms with E-state index in [1.807, 2.05) is 11.8 Å². The van der Waals surface area contributed by atoms with Gasteiger partial charge in [-0.2, -0.15) is 11.8 Å². The van der Waals surface area contributed by atoms with E-state index >= 15 is 0 Å². The fourth-order valence-corrected chi connectivity index (χ4v) is 2.72. The van der Waals surface area contributed by atoms with Gasteiger partial charge in [0.1, 0.15) is 6.04 Å². The Morgan fingerprint density at radius 2 is 1.85 bits per heavy atom. The SMILES string of the molecule is O=C(O)C[C@@H](NC(=O)NCCN1CCSCC1)C(=O)O. The van der Waals surface area contributed by atoms with E-state index in [0.29, 0.717) is 13.1 Å². The third-order valence-corrected chi connectivity index (χ3v) is 3.74. The zero-order valence-corrected chi connectivity index (χ0v) is 11.8. The Morgan fingerprint density at radius 1 is 1.20 bits per heavy atom. The smallest absolute Gasteiger partial charge is 0.326 e. The van der Waals surface area contributed by atoms with Crippen molar-refractivity contribution in [1.29, 1.82) is 0 Å². The average molecular weight is 305 g/mol. The van der Waals surface area contributed by atoms with Crippen molar-refractivity contribution in [3.05, 3.63) is 0 Å². The van der Waals surface area contributed by atoms with E-state index in [-0.39, 0.29) is 0 Å². The second kappa shape index (κ2) is 8.64. The Kier molecular flexibility index (Phi) is 7.16. The first kappa shape index (κ1) is 16.6. The molecule has 0 aromatic carbocycles. The number of carboxylic acid groups (broad SMARTS) is 2. The van der Waals surface area contributed by atoms with Gasteiger partial charge >= 0.3 is 18.0 Å².